The van der Waals surface area contributed by atoms with E-state index in [0.717, 1.165) is 48.2 Å². The van der Waals surface area contributed by atoms with Crippen molar-refractivity contribution in [2.24, 2.45) is 0 Å². The fourth-order valence-electron chi connectivity index (χ4n) is 6.06. The summed E-state index contributed by atoms with van der Waals surface area (Å²) in [6, 6.07) is 17.8. The van der Waals surface area contributed by atoms with Crippen molar-refractivity contribution in [2.75, 3.05) is 6.61 Å². The van der Waals surface area contributed by atoms with Gasteiger partial charge in [0.05, 0.1) is 18.3 Å². The summed E-state index contributed by atoms with van der Waals surface area (Å²) in [6.07, 6.45) is 1.41. The Kier molecular flexibility index (Phi) is 11.1. The monoisotopic (exact) mass is 652 g/mol. The van der Waals surface area contributed by atoms with E-state index in [0.29, 0.717) is 44.3 Å². The van der Waals surface area contributed by atoms with E-state index in [-0.39, 0.29) is 34.8 Å². The van der Waals surface area contributed by atoms with Gasteiger partial charge >= 0.3 is 6.11 Å². The zero-order valence-electron chi connectivity index (χ0n) is 26.3. The molecule has 4 aromatic carbocycles. The molecule has 47 heavy (non-hydrogen) atoms. The highest BCUT2D eigenvalue weighted by atomic mass is 19.3. The third kappa shape index (κ3) is 8.28. The normalized spacial score (nSPS) is 16.7. The molecule has 5 rings (SSSR count). The first-order valence-electron chi connectivity index (χ1n) is 16.1. The van der Waals surface area contributed by atoms with E-state index in [1.807, 2.05) is 31.2 Å². The minimum Gasteiger partial charge on any atom is -0.493 e. The molecule has 1 saturated carbocycles. The minimum atomic E-state index is -3.77. The number of allylic oxidation sites excluding steroid dienone is 1. The van der Waals surface area contributed by atoms with E-state index in [1.54, 1.807) is 12.1 Å². The molecule has 0 spiro atoms. The fraction of sp³-hybridized carbons (Fsp3) is 0.333. The van der Waals surface area contributed by atoms with E-state index in [9.17, 15) is 22.0 Å². The Morgan fingerprint density at radius 1 is 0.766 bits per heavy atom. The second-order valence-corrected chi connectivity index (χ2v) is 12.0. The quantitative estimate of drug-likeness (QED) is 0.0813. The van der Waals surface area contributed by atoms with Gasteiger partial charge in [-0.15, -0.1) is 6.58 Å². The molecule has 0 atom stereocenters. The molecule has 0 aromatic heterocycles. The summed E-state index contributed by atoms with van der Waals surface area (Å²) in [5.74, 6) is -2.77. The molecule has 0 amide bonds. The molecule has 0 aliphatic heterocycles. The van der Waals surface area contributed by atoms with Crippen LogP contribution in [0, 0.1) is 23.3 Å². The maximum absolute atomic E-state index is 15.2. The summed E-state index contributed by atoms with van der Waals surface area (Å²) in [5.41, 5.74) is 1.76. The van der Waals surface area contributed by atoms with Crippen LogP contribution in [0.25, 0.3) is 22.3 Å². The van der Waals surface area contributed by atoms with Crippen LogP contribution >= 0.6 is 0 Å². The first kappa shape index (κ1) is 34.3. The molecule has 0 radical (unpaired) electrons. The molecule has 1 fully saturated rings. The van der Waals surface area contributed by atoms with Gasteiger partial charge in [0.1, 0.15) is 29.0 Å². The first-order chi connectivity index (χ1) is 22.6. The summed E-state index contributed by atoms with van der Waals surface area (Å²) in [7, 11) is 0. The van der Waals surface area contributed by atoms with Gasteiger partial charge in [-0.05, 0) is 103 Å². The molecule has 0 unspecified atom stereocenters. The van der Waals surface area contributed by atoms with Crippen LogP contribution in [-0.2, 0) is 17.3 Å². The van der Waals surface area contributed by atoms with Crippen molar-refractivity contribution in [3.8, 4) is 28.0 Å². The molecule has 0 saturated heterocycles. The molecule has 2 nitrogen and oxygen atoms in total. The summed E-state index contributed by atoms with van der Waals surface area (Å²) in [4.78, 5) is 0. The predicted octanol–water partition coefficient (Wildman–Crippen LogP) is 11.7. The number of hydrogen-bond donors (Lipinski definition) is 0. The molecular formula is C39H38F6O2. The molecule has 248 valence electrons. The Balaban J connectivity index is 1.19. The lowest BCUT2D eigenvalue weighted by atomic mass is 9.82. The van der Waals surface area contributed by atoms with E-state index in [1.165, 1.54) is 18.2 Å². The molecule has 0 heterocycles. The molecule has 4 aromatic rings. The highest BCUT2D eigenvalue weighted by molar-refractivity contribution is 5.71. The van der Waals surface area contributed by atoms with Gasteiger partial charge in [0.2, 0.25) is 0 Å². The van der Waals surface area contributed by atoms with Gasteiger partial charge in [0, 0.05) is 17.2 Å². The van der Waals surface area contributed by atoms with E-state index in [2.05, 4.69) is 6.58 Å². The Morgan fingerprint density at radius 3 is 2.04 bits per heavy atom. The predicted molar refractivity (Wildman–Crippen MR) is 172 cm³/mol. The number of halogens is 6. The fourth-order valence-corrected chi connectivity index (χ4v) is 6.06. The van der Waals surface area contributed by atoms with Crippen LogP contribution in [0.15, 0.2) is 85.5 Å². The summed E-state index contributed by atoms with van der Waals surface area (Å²) in [5, 5.41) is 0. The van der Waals surface area contributed by atoms with Crippen LogP contribution < -0.4 is 4.74 Å². The van der Waals surface area contributed by atoms with Crippen LogP contribution in [0.1, 0.15) is 74.5 Å². The van der Waals surface area contributed by atoms with Crippen LogP contribution in [-0.4, -0.2) is 12.7 Å². The number of benzene rings is 4. The van der Waals surface area contributed by atoms with Crippen LogP contribution in [0.4, 0.5) is 26.3 Å². The molecule has 1 aliphatic carbocycles. The highest BCUT2D eigenvalue weighted by Crippen LogP contribution is 2.41. The van der Waals surface area contributed by atoms with Crippen molar-refractivity contribution < 1.29 is 35.8 Å². The SMILES string of the molecule is C=CCCc1c(F)cc(-c2ccc(-c3ccc(C4CCC(OC(F)(F)c5ccc(OCCCC)cc5F)CC4)cc3)cc2F)cc1F. The maximum atomic E-state index is 15.2. The Labute approximate surface area is 272 Å². The van der Waals surface area contributed by atoms with E-state index < -0.39 is 41.0 Å². The summed E-state index contributed by atoms with van der Waals surface area (Å²) < 4.78 is 99.3. The van der Waals surface area contributed by atoms with Crippen LogP contribution in [0.5, 0.6) is 5.75 Å². The number of unbranched alkanes of at least 4 members (excludes halogenated alkanes) is 1. The molecule has 8 heteroatoms. The van der Waals surface area contributed by atoms with Crippen LogP contribution in [0.2, 0.25) is 0 Å². The van der Waals surface area contributed by atoms with Crippen molar-refractivity contribution >= 4 is 0 Å². The van der Waals surface area contributed by atoms with Gasteiger partial charge in [-0.25, -0.2) is 17.6 Å². The number of alkyl halides is 2. The standard InChI is InChI=1S/C39H38F6O2/c1-3-5-7-33-36(41)22-29(23-37(33)42)32-18-14-28(21-35(32)40)27-10-8-25(9-11-27)26-12-15-30(16-13-26)47-39(44,45)34-19-17-31(24-38(34)43)46-20-6-4-2/h3,8-11,14,17-19,21-24,26,30H,1,4-7,12-13,15-16,20H2,2H3. The molecule has 0 bridgehead atoms. The Morgan fingerprint density at radius 2 is 1.43 bits per heavy atom. The Bertz CT molecular complexity index is 1650. The topological polar surface area (TPSA) is 18.5 Å². The van der Waals surface area contributed by atoms with Crippen LogP contribution in [0.3, 0.4) is 0 Å². The smallest absolute Gasteiger partial charge is 0.386 e. The largest absolute Gasteiger partial charge is 0.493 e. The lowest BCUT2D eigenvalue weighted by Crippen LogP contribution is -2.30. The van der Waals surface area contributed by atoms with Gasteiger partial charge in [-0.1, -0.05) is 55.8 Å². The van der Waals surface area contributed by atoms with Crippen molar-refractivity contribution in [2.45, 2.75) is 76.4 Å². The minimum absolute atomic E-state index is 0.0466. The summed E-state index contributed by atoms with van der Waals surface area (Å²) in [6.45, 7) is 5.95. The molecule has 0 N–H and O–H groups in total. The number of hydrogen-bond acceptors (Lipinski definition) is 2. The number of rotatable bonds is 13. The zero-order valence-corrected chi connectivity index (χ0v) is 26.3. The summed E-state index contributed by atoms with van der Waals surface area (Å²) >= 11 is 0. The van der Waals surface area contributed by atoms with Gasteiger partial charge in [0.15, 0.2) is 0 Å². The average Bonchev–Trinajstić information content (AvgIpc) is 3.04. The van der Waals surface area contributed by atoms with E-state index >= 15 is 4.39 Å². The van der Waals surface area contributed by atoms with Crippen molar-refractivity contribution in [3.05, 3.63) is 125 Å². The lowest BCUT2D eigenvalue weighted by Gasteiger charge is -2.31. The second kappa shape index (κ2) is 15.2. The lowest BCUT2D eigenvalue weighted by molar-refractivity contribution is -0.278. The molecular weight excluding hydrogens is 614 g/mol. The van der Waals surface area contributed by atoms with Gasteiger partial charge in [0.25, 0.3) is 0 Å². The van der Waals surface area contributed by atoms with E-state index in [4.69, 9.17) is 9.47 Å². The second-order valence-electron chi connectivity index (χ2n) is 12.0. The van der Waals surface area contributed by atoms with Gasteiger partial charge in [-0.2, -0.15) is 8.78 Å². The van der Waals surface area contributed by atoms with Crippen molar-refractivity contribution in [1.82, 2.24) is 0 Å². The van der Waals surface area contributed by atoms with Gasteiger partial charge in [-0.3, -0.25) is 0 Å². The Hall–Kier alpha value is -4.04. The first-order valence-corrected chi connectivity index (χ1v) is 16.1. The third-order valence-corrected chi connectivity index (χ3v) is 8.74. The highest BCUT2D eigenvalue weighted by Gasteiger charge is 2.40. The zero-order chi connectivity index (χ0) is 33.6. The molecule has 1 aliphatic rings. The third-order valence-electron chi connectivity index (χ3n) is 8.74. The maximum Gasteiger partial charge on any atom is 0.386 e. The van der Waals surface area contributed by atoms with Crippen molar-refractivity contribution in [3.63, 3.8) is 0 Å². The number of ether oxygens (including phenoxy) is 2. The average molecular weight is 653 g/mol. The van der Waals surface area contributed by atoms with Gasteiger partial charge < -0.3 is 9.47 Å². The van der Waals surface area contributed by atoms with Crippen molar-refractivity contribution in [1.29, 1.82) is 0 Å².